The molecule has 10 nitrogen and oxygen atoms in total. The van der Waals surface area contributed by atoms with Crippen LogP contribution < -0.4 is 10.1 Å². The van der Waals surface area contributed by atoms with Gasteiger partial charge in [0, 0.05) is 29.4 Å². The second kappa shape index (κ2) is 8.71. The number of fused-ring (bicyclic) bond motifs is 1. The van der Waals surface area contributed by atoms with Crippen molar-refractivity contribution in [1.29, 1.82) is 0 Å². The molecule has 174 valence electrons. The van der Waals surface area contributed by atoms with Crippen molar-refractivity contribution in [3.63, 3.8) is 0 Å². The van der Waals surface area contributed by atoms with Crippen LogP contribution in [0.3, 0.4) is 0 Å². The van der Waals surface area contributed by atoms with E-state index in [2.05, 4.69) is 25.2 Å². The molecule has 34 heavy (non-hydrogen) atoms. The number of carbonyl (C=O) groups excluding carboxylic acids is 2. The summed E-state index contributed by atoms with van der Waals surface area (Å²) in [6, 6.07) is 4.96. The standard InChI is InChI=1S/C21H15ClF2N6O4/c22-11-2-3-16(34-21(23)24)12(8-11)17-14(10-30(28-17)15-4-7-33-20(15)32)27-19(31)13-9-26-29-6-1-5-25-18(13)29/h1-3,5-6,8-10,15,21H,4,7H2,(H,27,31)/t15-/m1/s1. The lowest BCUT2D eigenvalue weighted by Gasteiger charge is -2.11. The Hall–Kier alpha value is -4.06. The van der Waals surface area contributed by atoms with Crippen LogP contribution in [-0.4, -0.2) is 49.5 Å². The van der Waals surface area contributed by atoms with Crippen LogP contribution in [0, 0.1) is 0 Å². The van der Waals surface area contributed by atoms with Crippen LogP contribution in [0.2, 0.25) is 5.02 Å². The third-order valence-electron chi connectivity index (χ3n) is 5.14. The van der Waals surface area contributed by atoms with Gasteiger partial charge in [-0.15, -0.1) is 0 Å². The van der Waals surface area contributed by atoms with Crippen molar-refractivity contribution in [2.45, 2.75) is 19.1 Å². The number of alkyl halides is 2. The van der Waals surface area contributed by atoms with Gasteiger partial charge in [0.05, 0.1) is 24.7 Å². The van der Waals surface area contributed by atoms with Crippen LogP contribution in [-0.2, 0) is 9.53 Å². The average molecular weight is 489 g/mol. The maximum absolute atomic E-state index is 13.1. The zero-order chi connectivity index (χ0) is 23.8. The summed E-state index contributed by atoms with van der Waals surface area (Å²) < 4.78 is 38.5. The van der Waals surface area contributed by atoms with Gasteiger partial charge in [0.1, 0.15) is 17.0 Å². The second-order valence-corrected chi connectivity index (χ2v) is 7.70. The molecule has 5 rings (SSSR count). The number of benzene rings is 1. The highest BCUT2D eigenvalue weighted by Crippen LogP contribution is 2.38. The number of hydrogen-bond acceptors (Lipinski definition) is 7. The van der Waals surface area contributed by atoms with Gasteiger partial charge in [-0.1, -0.05) is 11.6 Å². The summed E-state index contributed by atoms with van der Waals surface area (Å²) in [6.45, 7) is -2.89. The highest BCUT2D eigenvalue weighted by molar-refractivity contribution is 6.31. The molecule has 0 aliphatic carbocycles. The molecular weight excluding hydrogens is 474 g/mol. The molecule has 1 amide bonds. The molecule has 1 aliphatic rings. The number of halogens is 3. The highest BCUT2D eigenvalue weighted by atomic mass is 35.5. The van der Waals surface area contributed by atoms with Crippen molar-refractivity contribution in [1.82, 2.24) is 24.4 Å². The number of hydrogen-bond donors (Lipinski definition) is 1. The lowest BCUT2D eigenvalue weighted by Crippen LogP contribution is -2.15. The molecule has 13 heteroatoms. The number of amides is 1. The van der Waals surface area contributed by atoms with E-state index in [9.17, 15) is 18.4 Å². The molecule has 0 unspecified atom stereocenters. The Balaban J connectivity index is 1.59. The van der Waals surface area contributed by atoms with Gasteiger partial charge in [-0.2, -0.15) is 19.0 Å². The zero-order valence-corrected chi connectivity index (χ0v) is 17.9. The first-order chi connectivity index (χ1) is 16.4. The molecule has 1 aromatic carbocycles. The Labute approximate surface area is 195 Å². The Morgan fingerprint density at radius 2 is 2.21 bits per heavy atom. The number of rotatable bonds is 6. The number of carbonyl (C=O) groups is 2. The Kier molecular flexibility index (Phi) is 5.57. The fourth-order valence-electron chi connectivity index (χ4n) is 3.63. The summed E-state index contributed by atoms with van der Waals surface area (Å²) >= 11 is 6.11. The van der Waals surface area contributed by atoms with E-state index in [1.54, 1.807) is 12.3 Å². The van der Waals surface area contributed by atoms with Crippen molar-refractivity contribution in [3.05, 3.63) is 59.6 Å². The van der Waals surface area contributed by atoms with E-state index < -0.39 is 24.5 Å². The number of anilines is 1. The molecule has 4 heterocycles. The van der Waals surface area contributed by atoms with Gasteiger partial charge in [0.2, 0.25) is 0 Å². The van der Waals surface area contributed by atoms with Gasteiger partial charge in [0.25, 0.3) is 5.91 Å². The molecule has 0 radical (unpaired) electrons. The lowest BCUT2D eigenvalue weighted by molar-refractivity contribution is -0.140. The quantitative estimate of drug-likeness (QED) is 0.413. The van der Waals surface area contributed by atoms with Crippen molar-refractivity contribution < 1.29 is 27.8 Å². The highest BCUT2D eigenvalue weighted by Gasteiger charge is 2.31. The summed E-state index contributed by atoms with van der Waals surface area (Å²) in [5.74, 6) is -1.26. The van der Waals surface area contributed by atoms with Crippen molar-refractivity contribution in [2.75, 3.05) is 11.9 Å². The van der Waals surface area contributed by atoms with Gasteiger partial charge in [0.15, 0.2) is 11.7 Å². The van der Waals surface area contributed by atoms with Gasteiger partial charge in [-0.3, -0.25) is 9.48 Å². The predicted octanol–water partition coefficient (Wildman–Crippen LogP) is 3.59. The molecule has 1 fully saturated rings. The fourth-order valence-corrected chi connectivity index (χ4v) is 3.80. The van der Waals surface area contributed by atoms with E-state index in [-0.39, 0.29) is 39.9 Å². The number of nitrogens with zero attached hydrogens (tertiary/aromatic N) is 5. The molecule has 0 bridgehead atoms. The van der Waals surface area contributed by atoms with Crippen LogP contribution in [0.1, 0.15) is 22.8 Å². The molecule has 0 spiro atoms. The van der Waals surface area contributed by atoms with Crippen molar-refractivity contribution >= 4 is 34.8 Å². The van der Waals surface area contributed by atoms with Crippen LogP contribution in [0.15, 0.2) is 49.1 Å². The van der Waals surface area contributed by atoms with E-state index in [1.807, 2.05) is 0 Å². The SMILES string of the molecule is O=C(Nc1cn([C@@H]2CCOC2=O)nc1-c1cc(Cl)ccc1OC(F)F)c1cnn2cccnc12. The van der Waals surface area contributed by atoms with Crippen molar-refractivity contribution in [2.24, 2.45) is 0 Å². The van der Waals surface area contributed by atoms with Gasteiger partial charge >= 0.3 is 12.6 Å². The molecule has 4 aromatic rings. The topological polar surface area (TPSA) is 113 Å². The molecule has 3 aromatic heterocycles. The molecule has 1 aliphatic heterocycles. The third-order valence-corrected chi connectivity index (χ3v) is 5.38. The minimum absolute atomic E-state index is 0.0793. The largest absolute Gasteiger partial charge is 0.464 e. The maximum Gasteiger partial charge on any atom is 0.387 e. The summed E-state index contributed by atoms with van der Waals surface area (Å²) in [7, 11) is 0. The van der Waals surface area contributed by atoms with Crippen LogP contribution in [0.4, 0.5) is 14.5 Å². The lowest BCUT2D eigenvalue weighted by atomic mass is 10.1. The van der Waals surface area contributed by atoms with Gasteiger partial charge < -0.3 is 14.8 Å². The van der Waals surface area contributed by atoms with E-state index in [0.717, 1.165) is 0 Å². The number of aromatic nitrogens is 5. The Morgan fingerprint density at radius 3 is 2.97 bits per heavy atom. The van der Waals surface area contributed by atoms with Crippen LogP contribution >= 0.6 is 11.6 Å². The predicted molar refractivity (Wildman–Crippen MR) is 115 cm³/mol. The first-order valence-corrected chi connectivity index (χ1v) is 10.4. The number of nitrogens with one attached hydrogen (secondary N) is 1. The van der Waals surface area contributed by atoms with E-state index in [4.69, 9.17) is 16.3 Å². The number of cyclic esters (lactones) is 1. The third kappa shape index (κ3) is 4.03. The summed E-state index contributed by atoms with van der Waals surface area (Å²) in [5.41, 5.74) is 0.815. The average Bonchev–Trinajstić information content (AvgIpc) is 3.52. The number of esters is 1. The first-order valence-electron chi connectivity index (χ1n) is 10.0. The smallest absolute Gasteiger partial charge is 0.387 e. The minimum atomic E-state index is -3.10. The maximum atomic E-state index is 13.1. The Bertz CT molecular complexity index is 1410. The van der Waals surface area contributed by atoms with Crippen LogP contribution in [0.5, 0.6) is 5.75 Å². The summed E-state index contributed by atoms with van der Waals surface area (Å²) in [6.07, 6.45) is 6.29. The molecule has 1 atom stereocenters. The molecule has 1 saturated heterocycles. The normalized spacial score (nSPS) is 15.6. The van der Waals surface area contributed by atoms with Gasteiger partial charge in [-0.05, 0) is 24.3 Å². The van der Waals surface area contributed by atoms with Gasteiger partial charge in [-0.25, -0.2) is 14.3 Å². The fraction of sp³-hybridized carbons (Fsp3) is 0.190. The van der Waals surface area contributed by atoms with E-state index >= 15 is 0 Å². The number of ether oxygens (including phenoxy) is 2. The Morgan fingerprint density at radius 1 is 1.35 bits per heavy atom. The zero-order valence-electron chi connectivity index (χ0n) is 17.2. The molecular formula is C21H15ClF2N6O4. The minimum Gasteiger partial charge on any atom is -0.464 e. The van der Waals surface area contributed by atoms with E-state index in [0.29, 0.717) is 12.1 Å². The van der Waals surface area contributed by atoms with Crippen LogP contribution in [0.25, 0.3) is 16.9 Å². The van der Waals surface area contributed by atoms with E-state index in [1.165, 1.54) is 46.0 Å². The summed E-state index contributed by atoms with van der Waals surface area (Å²) in [4.78, 5) is 29.4. The monoisotopic (exact) mass is 488 g/mol. The summed E-state index contributed by atoms with van der Waals surface area (Å²) in [5, 5.41) is 11.4. The second-order valence-electron chi connectivity index (χ2n) is 7.26. The first kappa shape index (κ1) is 21.8. The molecule has 0 saturated carbocycles. The van der Waals surface area contributed by atoms with Crippen molar-refractivity contribution in [3.8, 4) is 17.0 Å². The molecule has 1 N–H and O–H groups in total.